The van der Waals surface area contributed by atoms with E-state index in [4.69, 9.17) is 9.84 Å². The molecule has 18 heavy (non-hydrogen) atoms. The van der Waals surface area contributed by atoms with Crippen LogP contribution in [0.15, 0.2) is 42.5 Å². The van der Waals surface area contributed by atoms with Crippen molar-refractivity contribution in [2.45, 2.75) is 0 Å². The predicted octanol–water partition coefficient (Wildman–Crippen LogP) is 2.80. The minimum atomic E-state index is -0.643. The zero-order valence-electron chi connectivity index (χ0n) is 9.11. The lowest BCUT2D eigenvalue weighted by atomic mass is 10.2. The van der Waals surface area contributed by atoms with Gasteiger partial charge in [0.1, 0.15) is 17.2 Å². The van der Waals surface area contributed by atoms with Crippen molar-refractivity contribution in [3.8, 4) is 23.0 Å². The molecule has 0 fully saturated rings. The number of rotatable bonds is 3. The zero-order valence-corrected chi connectivity index (χ0v) is 9.11. The first-order chi connectivity index (χ1) is 8.56. The largest absolute Gasteiger partial charge is 0.508 e. The Kier molecular flexibility index (Phi) is 3.01. The Balaban J connectivity index is 2.34. The number of nitro groups is 1. The lowest BCUT2D eigenvalue weighted by Gasteiger charge is -2.06. The maximum absolute atomic E-state index is 10.8. The van der Waals surface area contributed by atoms with Gasteiger partial charge in [-0.2, -0.15) is 0 Å². The lowest BCUT2D eigenvalue weighted by molar-refractivity contribution is -0.385. The van der Waals surface area contributed by atoms with Crippen LogP contribution in [0.1, 0.15) is 0 Å². The van der Waals surface area contributed by atoms with Crippen molar-refractivity contribution in [2.24, 2.45) is 0 Å². The van der Waals surface area contributed by atoms with Crippen LogP contribution in [0.3, 0.4) is 0 Å². The van der Waals surface area contributed by atoms with Crippen LogP contribution in [-0.4, -0.2) is 15.1 Å². The smallest absolute Gasteiger partial charge is 0.315 e. The molecule has 0 spiro atoms. The van der Waals surface area contributed by atoms with Gasteiger partial charge >= 0.3 is 5.69 Å². The van der Waals surface area contributed by atoms with Gasteiger partial charge in [-0.3, -0.25) is 10.1 Å². The molecule has 0 aliphatic carbocycles. The average molecular weight is 247 g/mol. The molecule has 0 unspecified atom stereocenters. The third kappa shape index (κ3) is 2.49. The first-order valence-electron chi connectivity index (χ1n) is 5.00. The summed E-state index contributed by atoms with van der Waals surface area (Å²) < 4.78 is 5.32. The van der Waals surface area contributed by atoms with E-state index in [1.807, 2.05) is 0 Å². The Bertz CT molecular complexity index is 580. The van der Waals surface area contributed by atoms with E-state index < -0.39 is 4.92 Å². The van der Waals surface area contributed by atoms with Gasteiger partial charge in [0, 0.05) is 0 Å². The third-order valence-electron chi connectivity index (χ3n) is 2.20. The van der Waals surface area contributed by atoms with E-state index in [0.29, 0.717) is 5.75 Å². The van der Waals surface area contributed by atoms with E-state index in [-0.39, 0.29) is 22.9 Å². The highest BCUT2D eigenvalue weighted by molar-refractivity contribution is 5.52. The topological polar surface area (TPSA) is 92.8 Å². The zero-order chi connectivity index (χ0) is 13.1. The standard InChI is InChI=1S/C12H9NO5/c14-8-1-4-10(5-2-8)18-12-6-3-9(15)7-11(12)13(16)17/h1-7,14-15H. The Morgan fingerprint density at radius 3 is 2.22 bits per heavy atom. The Labute approximate surface area is 102 Å². The average Bonchev–Trinajstić information content (AvgIpc) is 2.34. The van der Waals surface area contributed by atoms with Gasteiger partial charge < -0.3 is 14.9 Å². The van der Waals surface area contributed by atoms with Crippen molar-refractivity contribution in [3.63, 3.8) is 0 Å². The minimum Gasteiger partial charge on any atom is -0.508 e. The molecular weight excluding hydrogens is 238 g/mol. The number of nitrogens with zero attached hydrogens (tertiary/aromatic N) is 1. The number of phenolic OH excluding ortho intramolecular Hbond substituents is 2. The normalized spacial score (nSPS) is 10.0. The second kappa shape index (κ2) is 4.62. The fourth-order valence-electron chi connectivity index (χ4n) is 1.38. The highest BCUT2D eigenvalue weighted by Gasteiger charge is 2.16. The summed E-state index contributed by atoms with van der Waals surface area (Å²) in [5.41, 5.74) is -0.330. The first kappa shape index (κ1) is 11.7. The Hall–Kier alpha value is -2.76. The van der Waals surface area contributed by atoms with Crippen LogP contribution < -0.4 is 4.74 Å². The molecule has 2 N–H and O–H groups in total. The highest BCUT2D eigenvalue weighted by Crippen LogP contribution is 2.34. The number of hydrogen-bond donors (Lipinski definition) is 2. The van der Waals surface area contributed by atoms with Gasteiger partial charge in [-0.15, -0.1) is 0 Å². The maximum Gasteiger partial charge on any atom is 0.315 e. The van der Waals surface area contributed by atoms with Gasteiger partial charge in [-0.05, 0) is 36.4 Å². The van der Waals surface area contributed by atoms with Gasteiger partial charge in [-0.25, -0.2) is 0 Å². The van der Waals surface area contributed by atoms with Crippen molar-refractivity contribution in [2.75, 3.05) is 0 Å². The van der Waals surface area contributed by atoms with Crippen LogP contribution in [-0.2, 0) is 0 Å². The summed E-state index contributed by atoms with van der Waals surface area (Å²) in [6.45, 7) is 0. The van der Waals surface area contributed by atoms with Gasteiger partial charge in [0.15, 0.2) is 0 Å². The lowest BCUT2D eigenvalue weighted by Crippen LogP contribution is -1.93. The summed E-state index contributed by atoms with van der Waals surface area (Å²) in [6.07, 6.45) is 0. The summed E-state index contributed by atoms with van der Waals surface area (Å²) in [5.74, 6) is 0.229. The van der Waals surface area contributed by atoms with Gasteiger partial charge in [0.05, 0.1) is 11.0 Å². The molecule has 0 atom stereocenters. The minimum absolute atomic E-state index is 0.0171. The molecule has 2 aromatic rings. The molecule has 2 aromatic carbocycles. The van der Waals surface area contributed by atoms with Gasteiger partial charge in [0.25, 0.3) is 0 Å². The molecule has 6 heteroatoms. The second-order valence-corrected chi connectivity index (χ2v) is 3.51. The van der Waals surface area contributed by atoms with Gasteiger partial charge in [-0.1, -0.05) is 0 Å². The third-order valence-corrected chi connectivity index (χ3v) is 2.20. The van der Waals surface area contributed by atoms with Crippen molar-refractivity contribution < 1.29 is 19.9 Å². The van der Waals surface area contributed by atoms with Crippen molar-refractivity contribution in [1.29, 1.82) is 0 Å². The van der Waals surface area contributed by atoms with Crippen molar-refractivity contribution >= 4 is 5.69 Å². The second-order valence-electron chi connectivity index (χ2n) is 3.51. The summed E-state index contributed by atoms with van der Waals surface area (Å²) in [7, 11) is 0. The van der Waals surface area contributed by atoms with E-state index >= 15 is 0 Å². The first-order valence-corrected chi connectivity index (χ1v) is 5.00. The van der Waals surface area contributed by atoms with Crippen LogP contribution >= 0.6 is 0 Å². The maximum atomic E-state index is 10.8. The van der Waals surface area contributed by atoms with E-state index in [9.17, 15) is 15.2 Å². The molecule has 0 saturated heterocycles. The van der Waals surface area contributed by atoms with E-state index in [1.165, 1.54) is 36.4 Å². The molecule has 2 rings (SSSR count). The number of nitro benzene ring substituents is 1. The number of ether oxygens (including phenoxy) is 1. The summed E-state index contributed by atoms with van der Waals surface area (Å²) in [5, 5.41) is 29.1. The summed E-state index contributed by atoms with van der Waals surface area (Å²) >= 11 is 0. The molecule has 0 aliphatic heterocycles. The number of hydrogen-bond acceptors (Lipinski definition) is 5. The van der Waals surface area contributed by atoms with Crippen LogP contribution in [0.5, 0.6) is 23.0 Å². The fraction of sp³-hybridized carbons (Fsp3) is 0. The Morgan fingerprint density at radius 1 is 1.00 bits per heavy atom. The highest BCUT2D eigenvalue weighted by atomic mass is 16.6. The van der Waals surface area contributed by atoms with E-state index in [2.05, 4.69) is 0 Å². The summed E-state index contributed by atoms with van der Waals surface area (Å²) in [4.78, 5) is 10.1. The number of aromatic hydroxyl groups is 2. The SMILES string of the molecule is O=[N+]([O-])c1cc(O)ccc1Oc1ccc(O)cc1. The Morgan fingerprint density at radius 2 is 1.61 bits per heavy atom. The van der Waals surface area contributed by atoms with Gasteiger partial charge in [0.2, 0.25) is 5.75 Å². The van der Waals surface area contributed by atoms with Crippen LogP contribution in [0.25, 0.3) is 0 Å². The van der Waals surface area contributed by atoms with E-state index in [1.54, 1.807) is 0 Å². The number of phenols is 2. The molecule has 0 aliphatic rings. The molecule has 92 valence electrons. The van der Waals surface area contributed by atoms with Crippen LogP contribution in [0.2, 0.25) is 0 Å². The van der Waals surface area contributed by atoms with Crippen LogP contribution in [0, 0.1) is 10.1 Å². The monoisotopic (exact) mass is 247 g/mol. The quantitative estimate of drug-likeness (QED) is 0.642. The van der Waals surface area contributed by atoms with Crippen molar-refractivity contribution in [3.05, 3.63) is 52.6 Å². The van der Waals surface area contributed by atoms with E-state index in [0.717, 1.165) is 6.07 Å². The number of benzene rings is 2. The molecule has 6 nitrogen and oxygen atoms in total. The molecule has 0 bridgehead atoms. The van der Waals surface area contributed by atoms with Crippen LogP contribution in [0.4, 0.5) is 5.69 Å². The van der Waals surface area contributed by atoms with Crippen molar-refractivity contribution in [1.82, 2.24) is 0 Å². The molecule has 0 saturated carbocycles. The molecule has 0 aromatic heterocycles. The fourth-order valence-corrected chi connectivity index (χ4v) is 1.38. The molecule has 0 amide bonds. The predicted molar refractivity (Wildman–Crippen MR) is 62.9 cm³/mol. The summed E-state index contributed by atoms with van der Waals surface area (Å²) in [6, 6.07) is 9.37. The molecule has 0 heterocycles. The molecular formula is C12H9NO5. The molecule has 0 radical (unpaired) electrons.